The number of hydrogen-bond donors (Lipinski definition) is 1. The van der Waals surface area contributed by atoms with Gasteiger partial charge < -0.3 is 5.32 Å². The van der Waals surface area contributed by atoms with Gasteiger partial charge in [0.15, 0.2) is 0 Å². The Bertz CT molecular complexity index is 645. The summed E-state index contributed by atoms with van der Waals surface area (Å²) in [5.41, 5.74) is 5.25. The van der Waals surface area contributed by atoms with Gasteiger partial charge in [0.05, 0.1) is 6.04 Å². The summed E-state index contributed by atoms with van der Waals surface area (Å²) >= 11 is 0. The first-order valence-corrected chi connectivity index (χ1v) is 8.21. The molecule has 1 amide bonds. The summed E-state index contributed by atoms with van der Waals surface area (Å²) in [7, 11) is 0. The number of carbonyl (C=O) groups is 1. The van der Waals surface area contributed by atoms with Crippen molar-refractivity contribution in [2.75, 3.05) is 0 Å². The number of benzene rings is 2. The van der Waals surface area contributed by atoms with Crippen molar-refractivity contribution >= 4 is 5.91 Å². The summed E-state index contributed by atoms with van der Waals surface area (Å²) in [5.74, 6) is 0.154. The molecule has 1 N–H and O–H groups in total. The number of fused-ring (bicyclic) bond motifs is 1. The van der Waals surface area contributed by atoms with Gasteiger partial charge in [-0.15, -0.1) is 0 Å². The topological polar surface area (TPSA) is 29.1 Å². The fourth-order valence-corrected chi connectivity index (χ4v) is 3.17. The van der Waals surface area contributed by atoms with Gasteiger partial charge in [-0.1, -0.05) is 55.5 Å². The molecule has 2 aromatic carbocycles. The van der Waals surface area contributed by atoms with E-state index in [2.05, 4.69) is 60.8 Å². The first-order valence-electron chi connectivity index (χ1n) is 8.21. The lowest BCUT2D eigenvalue weighted by Crippen LogP contribution is -2.27. The molecule has 0 aliphatic heterocycles. The van der Waals surface area contributed by atoms with Gasteiger partial charge in [0.25, 0.3) is 0 Å². The molecule has 1 aliphatic rings. The number of aryl methyl sites for hydroxylation is 3. The molecule has 2 aromatic rings. The molecule has 22 heavy (non-hydrogen) atoms. The maximum atomic E-state index is 12.2. The van der Waals surface area contributed by atoms with E-state index in [9.17, 15) is 4.79 Å². The van der Waals surface area contributed by atoms with Gasteiger partial charge in [-0.2, -0.15) is 0 Å². The standard InChI is InChI=1S/C20H23NO/c1-2-15-7-9-16(10-8-15)11-14-20(22)21-19-13-12-17-5-3-4-6-18(17)19/h3-10,19H,2,11-14H2,1H3,(H,21,22)/t19-/m0/s1. The Labute approximate surface area is 132 Å². The maximum absolute atomic E-state index is 12.2. The van der Waals surface area contributed by atoms with Crippen molar-refractivity contribution in [2.24, 2.45) is 0 Å². The van der Waals surface area contributed by atoms with Crippen LogP contribution in [0.5, 0.6) is 0 Å². The molecule has 0 saturated heterocycles. The first-order chi connectivity index (χ1) is 10.8. The van der Waals surface area contributed by atoms with Crippen LogP contribution in [-0.2, 0) is 24.1 Å². The van der Waals surface area contributed by atoms with Crippen LogP contribution < -0.4 is 5.32 Å². The molecule has 0 unspecified atom stereocenters. The molecule has 3 rings (SSSR count). The Morgan fingerprint density at radius 1 is 1.09 bits per heavy atom. The van der Waals surface area contributed by atoms with E-state index in [0.29, 0.717) is 6.42 Å². The highest BCUT2D eigenvalue weighted by atomic mass is 16.1. The number of amides is 1. The van der Waals surface area contributed by atoms with Crippen LogP contribution in [0.1, 0.15) is 48.1 Å². The molecule has 0 aromatic heterocycles. The van der Waals surface area contributed by atoms with E-state index in [1.807, 2.05) is 0 Å². The molecular weight excluding hydrogens is 270 g/mol. The Balaban J connectivity index is 1.53. The number of nitrogens with one attached hydrogen (secondary N) is 1. The average molecular weight is 293 g/mol. The smallest absolute Gasteiger partial charge is 0.220 e. The fraction of sp³-hybridized carbons (Fsp3) is 0.350. The highest BCUT2D eigenvalue weighted by Crippen LogP contribution is 2.30. The van der Waals surface area contributed by atoms with E-state index >= 15 is 0 Å². The minimum Gasteiger partial charge on any atom is -0.349 e. The highest BCUT2D eigenvalue weighted by molar-refractivity contribution is 5.77. The van der Waals surface area contributed by atoms with Gasteiger partial charge in [0.2, 0.25) is 5.91 Å². The van der Waals surface area contributed by atoms with Crippen LogP contribution >= 0.6 is 0 Å². The summed E-state index contributed by atoms with van der Waals surface area (Å²) in [5, 5.41) is 3.19. The van der Waals surface area contributed by atoms with Gasteiger partial charge >= 0.3 is 0 Å². The Morgan fingerprint density at radius 3 is 2.59 bits per heavy atom. The van der Waals surface area contributed by atoms with Crippen molar-refractivity contribution in [1.29, 1.82) is 0 Å². The second kappa shape index (κ2) is 6.78. The van der Waals surface area contributed by atoms with Crippen molar-refractivity contribution in [3.05, 3.63) is 70.8 Å². The Kier molecular flexibility index (Phi) is 4.57. The zero-order valence-electron chi connectivity index (χ0n) is 13.1. The summed E-state index contributed by atoms with van der Waals surface area (Å²) in [6.45, 7) is 2.15. The van der Waals surface area contributed by atoms with Gasteiger partial charge in [-0.25, -0.2) is 0 Å². The molecule has 0 bridgehead atoms. The molecule has 1 aliphatic carbocycles. The van der Waals surface area contributed by atoms with Crippen molar-refractivity contribution in [1.82, 2.24) is 5.32 Å². The van der Waals surface area contributed by atoms with Crippen LogP contribution in [0.3, 0.4) is 0 Å². The molecule has 2 nitrogen and oxygen atoms in total. The monoisotopic (exact) mass is 293 g/mol. The zero-order chi connectivity index (χ0) is 15.4. The summed E-state index contributed by atoms with van der Waals surface area (Å²) in [6, 6.07) is 17.2. The van der Waals surface area contributed by atoms with Crippen LogP contribution in [0, 0.1) is 0 Å². The van der Waals surface area contributed by atoms with Crippen LogP contribution in [0.15, 0.2) is 48.5 Å². The van der Waals surface area contributed by atoms with E-state index in [4.69, 9.17) is 0 Å². The minimum atomic E-state index is 0.154. The number of carbonyl (C=O) groups excluding carboxylic acids is 1. The van der Waals surface area contributed by atoms with Crippen LogP contribution in [0.4, 0.5) is 0 Å². The van der Waals surface area contributed by atoms with E-state index in [1.54, 1.807) is 0 Å². The van der Waals surface area contributed by atoms with Crippen LogP contribution in [0.2, 0.25) is 0 Å². The second-order valence-electron chi connectivity index (χ2n) is 6.03. The maximum Gasteiger partial charge on any atom is 0.220 e. The van der Waals surface area contributed by atoms with Crippen molar-refractivity contribution in [3.8, 4) is 0 Å². The normalized spacial score (nSPS) is 16.3. The lowest BCUT2D eigenvalue weighted by Gasteiger charge is -2.14. The highest BCUT2D eigenvalue weighted by Gasteiger charge is 2.22. The molecule has 0 fully saturated rings. The van der Waals surface area contributed by atoms with E-state index < -0.39 is 0 Å². The quantitative estimate of drug-likeness (QED) is 0.887. The molecule has 1 atom stereocenters. The lowest BCUT2D eigenvalue weighted by atomic mass is 10.1. The van der Waals surface area contributed by atoms with Crippen molar-refractivity contribution in [2.45, 2.75) is 45.1 Å². The van der Waals surface area contributed by atoms with Crippen molar-refractivity contribution < 1.29 is 4.79 Å². The molecule has 0 heterocycles. The lowest BCUT2D eigenvalue weighted by molar-refractivity contribution is -0.121. The van der Waals surface area contributed by atoms with E-state index in [1.165, 1.54) is 22.3 Å². The van der Waals surface area contributed by atoms with Crippen molar-refractivity contribution in [3.63, 3.8) is 0 Å². The summed E-state index contributed by atoms with van der Waals surface area (Å²) in [4.78, 5) is 12.2. The SMILES string of the molecule is CCc1ccc(CCC(=O)N[C@H]2CCc3ccccc32)cc1. The van der Waals surface area contributed by atoms with Gasteiger partial charge in [-0.05, 0) is 47.9 Å². The Hall–Kier alpha value is -2.09. The van der Waals surface area contributed by atoms with Crippen LogP contribution in [-0.4, -0.2) is 5.91 Å². The molecule has 0 spiro atoms. The number of rotatable bonds is 5. The molecule has 2 heteroatoms. The predicted molar refractivity (Wildman–Crippen MR) is 89.8 cm³/mol. The van der Waals surface area contributed by atoms with E-state index in [-0.39, 0.29) is 11.9 Å². The summed E-state index contributed by atoms with van der Waals surface area (Å²) < 4.78 is 0. The van der Waals surface area contributed by atoms with Gasteiger partial charge in [0, 0.05) is 6.42 Å². The third kappa shape index (κ3) is 3.38. The average Bonchev–Trinajstić information content (AvgIpc) is 2.97. The van der Waals surface area contributed by atoms with Gasteiger partial charge in [-0.3, -0.25) is 4.79 Å². The first kappa shape index (κ1) is 14.8. The zero-order valence-corrected chi connectivity index (χ0v) is 13.1. The van der Waals surface area contributed by atoms with Crippen LogP contribution in [0.25, 0.3) is 0 Å². The third-order valence-electron chi connectivity index (χ3n) is 4.54. The molecule has 114 valence electrons. The summed E-state index contributed by atoms with van der Waals surface area (Å²) in [6.07, 6.45) is 4.52. The molecule has 0 radical (unpaired) electrons. The second-order valence-corrected chi connectivity index (χ2v) is 6.03. The van der Waals surface area contributed by atoms with E-state index in [0.717, 1.165) is 25.7 Å². The third-order valence-corrected chi connectivity index (χ3v) is 4.54. The Morgan fingerprint density at radius 2 is 1.82 bits per heavy atom. The van der Waals surface area contributed by atoms with Gasteiger partial charge in [0.1, 0.15) is 0 Å². The minimum absolute atomic E-state index is 0.154. The largest absolute Gasteiger partial charge is 0.349 e. The fourth-order valence-electron chi connectivity index (χ4n) is 3.17. The molecular formula is C20H23NO. The number of hydrogen-bond acceptors (Lipinski definition) is 1. The predicted octanol–water partition coefficient (Wildman–Crippen LogP) is 3.99. The molecule has 0 saturated carbocycles.